The molecule has 0 aliphatic rings. The summed E-state index contributed by atoms with van der Waals surface area (Å²) < 4.78 is 13.5. The van der Waals surface area contributed by atoms with Crippen molar-refractivity contribution in [3.05, 3.63) is 34.1 Å². The van der Waals surface area contributed by atoms with E-state index in [-0.39, 0.29) is 12.1 Å². The highest BCUT2D eigenvalue weighted by molar-refractivity contribution is 9.10. The number of nitrogens with one attached hydrogen (secondary N) is 1. The first-order valence-corrected chi connectivity index (χ1v) is 5.99. The average molecular weight is 318 g/mol. The fourth-order valence-corrected chi connectivity index (χ4v) is 1.63. The Bertz CT molecular complexity index is 468. The average Bonchev–Trinajstić information content (AvgIpc) is 2.24. The minimum atomic E-state index is -1.07. The van der Waals surface area contributed by atoms with Crippen molar-refractivity contribution in [2.24, 2.45) is 5.41 Å². The highest BCUT2D eigenvalue weighted by Crippen LogP contribution is 2.16. The molecule has 0 aromatic heterocycles. The molecule has 0 unspecified atom stereocenters. The topological polar surface area (TPSA) is 66.4 Å². The number of amides is 1. The maximum atomic E-state index is 13.1. The lowest BCUT2D eigenvalue weighted by Crippen LogP contribution is -2.38. The van der Waals surface area contributed by atoms with Crippen molar-refractivity contribution in [1.82, 2.24) is 5.32 Å². The van der Waals surface area contributed by atoms with E-state index in [0.29, 0.717) is 4.47 Å². The second-order valence-corrected chi connectivity index (χ2v) is 5.45. The van der Waals surface area contributed by atoms with E-state index in [2.05, 4.69) is 21.2 Å². The standard InChI is InChI=1S/C12H13BrFNO3/c1-12(2,11(17)18)6-15-10(16)7-3-8(13)5-9(14)4-7/h3-5H,6H2,1-2H3,(H,15,16)(H,17,18). The highest BCUT2D eigenvalue weighted by atomic mass is 79.9. The molecule has 1 aromatic rings. The van der Waals surface area contributed by atoms with Crippen molar-refractivity contribution in [3.63, 3.8) is 0 Å². The Labute approximate surface area is 112 Å². The van der Waals surface area contributed by atoms with Crippen molar-refractivity contribution in [3.8, 4) is 0 Å². The van der Waals surface area contributed by atoms with Gasteiger partial charge in [0.1, 0.15) is 5.82 Å². The molecule has 0 heterocycles. The number of carboxylic acids is 1. The van der Waals surface area contributed by atoms with Gasteiger partial charge in [0.05, 0.1) is 5.41 Å². The van der Waals surface area contributed by atoms with Gasteiger partial charge in [-0.05, 0) is 32.0 Å². The van der Waals surface area contributed by atoms with Crippen molar-refractivity contribution in [2.75, 3.05) is 6.54 Å². The Morgan fingerprint density at radius 2 is 2.00 bits per heavy atom. The van der Waals surface area contributed by atoms with Gasteiger partial charge in [-0.15, -0.1) is 0 Å². The number of hydrogen-bond acceptors (Lipinski definition) is 2. The maximum Gasteiger partial charge on any atom is 0.310 e. The number of carbonyl (C=O) groups excluding carboxylic acids is 1. The zero-order valence-corrected chi connectivity index (χ0v) is 11.5. The zero-order valence-electron chi connectivity index (χ0n) is 9.96. The van der Waals surface area contributed by atoms with Gasteiger partial charge in [-0.1, -0.05) is 15.9 Å². The number of benzene rings is 1. The lowest BCUT2D eigenvalue weighted by molar-refractivity contribution is -0.146. The van der Waals surface area contributed by atoms with Crippen LogP contribution in [0.15, 0.2) is 22.7 Å². The number of halogens is 2. The molecule has 0 aliphatic carbocycles. The molecular weight excluding hydrogens is 305 g/mol. The summed E-state index contributed by atoms with van der Waals surface area (Å²) in [5.74, 6) is -2.06. The van der Waals surface area contributed by atoms with E-state index in [9.17, 15) is 14.0 Å². The van der Waals surface area contributed by atoms with Crippen molar-refractivity contribution < 1.29 is 19.1 Å². The van der Waals surface area contributed by atoms with E-state index in [4.69, 9.17) is 5.11 Å². The third-order valence-electron chi connectivity index (χ3n) is 2.39. The van der Waals surface area contributed by atoms with Gasteiger partial charge < -0.3 is 10.4 Å². The third-order valence-corrected chi connectivity index (χ3v) is 2.85. The molecule has 98 valence electrons. The molecule has 0 saturated heterocycles. The van der Waals surface area contributed by atoms with Crippen LogP contribution in [0.4, 0.5) is 4.39 Å². The number of rotatable bonds is 4. The molecule has 0 atom stereocenters. The normalized spacial score (nSPS) is 11.1. The number of carboxylic acid groups (broad SMARTS) is 1. The van der Waals surface area contributed by atoms with Gasteiger partial charge in [0.2, 0.25) is 0 Å². The van der Waals surface area contributed by atoms with Gasteiger partial charge in [0.15, 0.2) is 0 Å². The smallest absolute Gasteiger partial charge is 0.310 e. The van der Waals surface area contributed by atoms with E-state index < -0.39 is 23.1 Å². The van der Waals surface area contributed by atoms with Crippen LogP contribution >= 0.6 is 15.9 Å². The first-order chi connectivity index (χ1) is 8.22. The summed E-state index contributed by atoms with van der Waals surface area (Å²) in [6.07, 6.45) is 0. The molecule has 2 N–H and O–H groups in total. The first-order valence-electron chi connectivity index (χ1n) is 5.20. The monoisotopic (exact) mass is 317 g/mol. The molecule has 0 fully saturated rings. The second kappa shape index (κ2) is 5.48. The second-order valence-electron chi connectivity index (χ2n) is 4.53. The fraction of sp³-hybridized carbons (Fsp3) is 0.333. The van der Waals surface area contributed by atoms with Crippen LogP contribution in [0.2, 0.25) is 0 Å². The summed E-state index contributed by atoms with van der Waals surface area (Å²) >= 11 is 3.08. The molecule has 0 bridgehead atoms. The fourth-order valence-electron chi connectivity index (χ4n) is 1.16. The Morgan fingerprint density at radius 1 is 1.39 bits per heavy atom. The summed E-state index contributed by atoms with van der Waals surface area (Å²) in [5.41, 5.74) is -0.928. The molecule has 0 saturated carbocycles. The minimum absolute atomic E-state index is 0.0324. The molecule has 0 radical (unpaired) electrons. The molecule has 4 nitrogen and oxygen atoms in total. The zero-order chi connectivity index (χ0) is 13.9. The van der Waals surface area contributed by atoms with Crippen molar-refractivity contribution in [1.29, 1.82) is 0 Å². The van der Waals surface area contributed by atoms with E-state index >= 15 is 0 Å². The van der Waals surface area contributed by atoms with Crippen LogP contribution in [-0.2, 0) is 4.79 Å². The lowest BCUT2D eigenvalue weighted by Gasteiger charge is -2.19. The predicted molar refractivity (Wildman–Crippen MR) is 67.9 cm³/mol. The predicted octanol–water partition coefficient (Wildman–Crippen LogP) is 2.43. The minimum Gasteiger partial charge on any atom is -0.481 e. The summed E-state index contributed by atoms with van der Waals surface area (Å²) in [6.45, 7) is 2.96. The summed E-state index contributed by atoms with van der Waals surface area (Å²) in [4.78, 5) is 22.6. The number of carbonyl (C=O) groups is 2. The van der Waals surface area contributed by atoms with Crippen LogP contribution in [0.25, 0.3) is 0 Å². The summed E-state index contributed by atoms with van der Waals surface area (Å²) in [5, 5.41) is 11.4. The SMILES string of the molecule is CC(C)(CNC(=O)c1cc(F)cc(Br)c1)C(=O)O. The van der Waals surface area contributed by atoms with E-state index in [1.54, 1.807) is 0 Å². The Balaban J connectivity index is 2.75. The van der Waals surface area contributed by atoms with E-state index in [0.717, 1.165) is 6.07 Å². The molecule has 6 heteroatoms. The van der Waals surface area contributed by atoms with Gasteiger partial charge in [0.25, 0.3) is 5.91 Å². The van der Waals surface area contributed by atoms with Crippen molar-refractivity contribution >= 4 is 27.8 Å². The number of aliphatic carboxylic acids is 1. The van der Waals surface area contributed by atoms with Gasteiger partial charge in [-0.25, -0.2) is 4.39 Å². The molecule has 1 amide bonds. The van der Waals surface area contributed by atoms with Crippen LogP contribution in [-0.4, -0.2) is 23.5 Å². The summed E-state index contributed by atoms with van der Waals surface area (Å²) in [7, 11) is 0. The highest BCUT2D eigenvalue weighted by Gasteiger charge is 2.27. The summed E-state index contributed by atoms with van der Waals surface area (Å²) in [6, 6.07) is 3.79. The molecular formula is C12H13BrFNO3. The number of hydrogen-bond donors (Lipinski definition) is 2. The van der Waals surface area contributed by atoms with Crippen LogP contribution in [0.1, 0.15) is 24.2 Å². The van der Waals surface area contributed by atoms with Crippen molar-refractivity contribution in [2.45, 2.75) is 13.8 Å². The van der Waals surface area contributed by atoms with Crippen LogP contribution in [0.3, 0.4) is 0 Å². The van der Waals surface area contributed by atoms with Crippen LogP contribution < -0.4 is 5.32 Å². The van der Waals surface area contributed by atoms with Gasteiger partial charge in [0, 0.05) is 16.6 Å². The molecule has 1 aromatic carbocycles. The quantitative estimate of drug-likeness (QED) is 0.896. The van der Waals surface area contributed by atoms with E-state index in [1.807, 2.05) is 0 Å². The maximum absolute atomic E-state index is 13.1. The first kappa shape index (κ1) is 14.6. The van der Waals surface area contributed by atoms with Crippen LogP contribution in [0, 0.1) is 11.2 Å². The molecule has 1 rings (SSSR count). The Morgan fingerprint density at radius 3 is 2.50 bits per heavy atom. The molecule has 18 heavy (non-hydrogen) atoms. The van der Waals surface area contributed by atoms with Gasteiger partial charge in [-0.3, -0.25) is 9.59 Å². The van der Waals surface area contributed by atoms with Gasteiger partial charge in [-0.2, -0.15) is 0 Å². The lowest BCUT2D eigenvalue weighted by atomic mass is 9.94. The Kier molecular flexibility index (Phi) is 4.45. The third kappa shape index (κ3) is 3.80. The molecule has 0 aliphatic heterocycles. The molecule has 0 spiro atoms. The van der Waals surface area contributed by atoms with Crippen LogP contribution in [0.5, 0.6) is 0 Å². The van der Waals surface area contributed by atoms with E-state index in [1.165, 1.54) is 26.0 Å². The Hall–Kier alpha value is -1.43. The van der Waals surface area contributed by atoms with Gasteiger partial charge >= 0.3 is 5.97 Å². The largest absolute Gasteiger partial charge is 0.481 e.